The van der Waals surface area contributed by atoms with Gasteiger partial charge in [-0.3, -0.25) is 25.7 Å². The summed E-state index contributed by atoms with van der Waals surface area (Å²) in [6.07, 6.45) is 1.50. The zero-order valence-corrected chi connectivity index (χ0v) is 18.0. The molecule has 3 aromatic rings. The maximum absolute atomic E-state index is 11.3. The number of aromatic nitrogens is 1. The number of rotatable bonds is 8. The van der Waals surface area contributed by atoms with Crippen LogP contribution in [0.25, 0.3) is 0 Å². The first-order valence-corrected chi connectivity index (χ1v) is 9.94. The van der Waals surface area contributed by atoms with Crippen LogP contribution >= 0.6 is 27.3 Å². The topological polar surface area (TPSA) is 168 Å². The van der Waals surface area contributed by atoms with Crippen molar-refractivity contribution in [2.24, 2.45) is 5.10 Å². The van der Waals surface area contributed by atoms with Crippen molar-refractivity contribution >= 4 is 55.8 Å². The highest BCUT2D eigenvalue weighted by Gasteiger charge is 2.23. The Bertz CT molecular complexity index is 1180. The van der Waals surface area contributed by atoms with Crippen LogP contribution in [0.15, 0.2) is 45.3 Å². The van der Waals surface area contributed by atoms with Crippen LogP contribution in [0.5, 0.6) is 17.2 Å². The van der Waals surface area contributed by atoms with E-state index >= 15 is 0 Å². The number of non-ortho nitro benzene ring substituents is 1. The number of hydrogen-bond acceptors (Lipinski definition) is 11. The van der Waals surface area contributed by atoms with Crippen molar-refractivity contribution in [3.05, 3.63) is 66.0 Å². The molecule has 0 radical (unpaired) electrons. The maximum atomic E-state index is 11.3. The molecule has 31 heavy (non-hydrogen) atoms. The van der Waals surface area contributed by atoms with E-state index in [2.05, 4.69) is 31.4 Å². The fourth-order valence-corrected chi connectivity index (χ4v) is 3.46. The average molecular weight is 509 g/mol. The third-order valence-corrected chi connectivity index (χ3v) is 5.06. The molecule has 160 valence electrons. The molecule has 0 unspecified atom stereocenters. The minimum atomic E-state index is -0.763. The lowest BCUT2D eigenvalue weighted by Gasteiger charge is -2.13. The summed E-state index contributed by atoms with van der Waals surface area (Å²) in [5, 5.41) is 28.5. The van der Waals surface area contributed by atoms with Gasteiger partial charge in [-0.1, -0.05) is 0 Å². The Morgan fingerprint density at radius 2 is 2.00 bits per heavy atom. The quantitative estimate of drug-likeness (QED) is 0.251. The number of nitrogen functional groups attached to an aromatic ring is 1. The molecule has 2 aromatic carbocycles. The predicted octanol–water partition coefficient (Wildman–Crippen LogP) is 4.55. The highest BCUT2D eigenvalue weighted by atomic mass is 79.9. The van der Waals surface area contributed by atoms with Gasteiger partial charge in [0.15, 0.2) is 11.5 Å². The van der Waals surface area contributed by atoms with Gasteiger partial charge in [0.05, 0.1) is 33.7 Å². The summed E-state index contributed by atoms with van der Waals surface area (Å²) in [5.41, 5.74) is 7.92. The van der Waals surface area contributed by atoms with Crippen molar-refractivity contribution in [2.45, 2.75) is 0 Å². The van der Waals surface area contributed by atoms with E-state index < -0.39 is 21.2 Å². The molecular formula is C17H13BrN6O6S. The average Bonchev–Trinajstić information content (AvgIpc) is 3.14. The molecule has 3 rings (SSSR count). The summed E-state index contributed by atoms with van der Waals surface area (Å²) in [6.45, 7) is 0. The smallest absolute Gasteiger partial charge is 0.318 e. The molecule has 0 aliphatic heterocycles. The van der Waals surface area contributed by atoms with Crippen LogP contribution in [0.2, 0.25) is 0 Å². The van der Waals surface area contributed by atoms with Gasteiger partial charge in [0.1, 0.15) is 5.82 Å². The molecular weight excluding hydrogens is 496 g/mol. The number of benzene rings is 2. The summed E-state index contributed by atoms with van der Waals surface area (Å²) in [6, 6.07) is 6.34. The number of hydrogen-bond donors (Lipinski definition) is 2. The van der Waals surface area contributed by atoms with Gasteiger partial charge in [-0.25, -0.2) is 4.98 Å². The number of halogens is 1. The Labute approximate surface area is 186 Å². The number of ether oxygens (including phenoxy) is 2. The lowest BCUT2D eigenvalue weighted by atomic mass is 10.2. The molecule has 0 fully saturated rings. The van der Waals surface area contributed by atoms with Crippen molar-refractivity contribution in [1.82, 2.24) is 4.98 Å². The first-order chi connectivity index (χ1) is 14.8. The minimum absolute atomic E-state index is 0.150. The molecule has 14 heteroatoms. The normalized spacial score (nSPS) is 10.8. The number of thiazole rings is 1. The summed E-state index contributed by atoms with van der Waals surface area (Å²) in [7, 11) is 1.40. The van der Waals surface area contributed by atoms with Gasteiger partial charge < -0.3 is 15.2 Å². The van der Waals surface area contributed by atoms with Crippen molar-refractivity contribution in [2.75, 3.05) is 18.3 Å². The second kappa shape index (κ2) is 9.36. The number of methoxy groups -OCH3 is 1. The highest BCUT2D eigenvalue weighted by molar-refractivity contribution is 9.10. The van der Waals surface area contributed by atoms with E-state index in [0.717, 1.165) is 18.2 Å². The summed E-state index contributed by atoms with van der Waals surface area (Å²) in [4.78, 5) is 24.8. The zero-order chi connectivity index (χ0) is 22.5. The number of hydrazone groups is 1. The van der Waals surface area contributed by atoms with E-state index in [4.69, 9.17) is 15.2 Å². The summed E-state index contributed by atoms with van der Waals surface area (Å²) >= 11 is 4.64. The van der Waals surface area contributed by atoms with E-state index in [9.17, 15) is 20.2 Å². The lowest BCUT2D eigenvalue weighted by molar-refractivity contribution is -0.394. The molecule has 0 aliphatic rings. The molecule has 0 bridgehead atoms. The summed E-state index contributed by atoms with van der Waals surface area (Å²) < 4.78 is 11.4. The fourth-order valence-electron chi connectivity index (χ4n) is 2.37. The van der Waals surface area contributed by atoms with Gasteiger partial charge in [0.25, 0.3) is 5.69 Å². The second-order valence-electron chi connectivity index (χ2n) is 5.75. The van der Waals surface area contributed by atoms with Crippen LogP contribution < -0.4 is 20.6 Å². The highest BCUT2D eigenvalue weighted by Crippen LogP contribution is 2.42. The largest absolute Gasteiger partial charge is 0.493 e. The van der Waals surface area contributed by atoms with Crippen molar-refractivity contribution in [3.63, 3.8) is 0 Å². The van der Waals surface area contributed by atoms with Gasteiger partial charge in [-0.15, -0.1) is 11.3 Å². The van der Waals surface area contributed by atoms with Crippen LogP contribution in [-0.2, 0) is 0 Å². The fraction of sp³-hybridized carbons (Fsp3) is 0.0588. The van der Waals surface area contributed by atoms with Crippen LogP contribution in [0.4, 0.5) is 22.3 Å². The predicted molar refractivity (Wildman–Crippen MR) is 118 cm³/mol. The second-order valence-corrected chi connectivity index (χ2v) is 7.46. The van der Waals surface area contributed by atoms with Crippen LogP contribution in [0, 0.1) is 20.2 Å². The third kappa shape index (κ3) is 5.23. The maximum Gasteiger partial charge on any atom is 0.318 e. The van der Waals surface area contributed by atoms with E-state index in [0.29, 0.717) is 21.0 Å². The van der Waals surface area contributed by atoms with Crippen LogP contribution in [0.3, 0.4) is 0 Å². The van der Waals surface area contributed by atoms with Gasteiger partial charge in [0, 0.05) is 11.4 Å². The number of nitrogens with zero attached hydrogens (tertiary/aromatic N) is 4. The number of nitrogens with one attached hydrogen (secondary N) is 1. The van der Waals surface area contributed by atoms with Gasteiger partial charge >= 0.3 is 5.69 Å². The SMILES string of the molecule is COc1cc(C=NNc2nc(N)cs2)cc(Br)c1Oc1ccc([N+](=O)[O-])cc1[N+](=O)[O-]. The Morgan fingerprint density at radius 3 is 2.61 bits per heavy atom. The number of anilines is 2. The Morgan fingerprint density at radius 1 is 1.23 bits per heavy atom. The lowest BCUT2D eigenvalue weighted by Crippen LogP contribution is -1.99. The standard InChI is InChI=1S/C17H13BrN6O6S/c1-29-14-5-9(7-20-22-17-21-15(19)8-31-17)4-11(18)16(14)30-13-3-2-10(23(25)26)6-12(13)24(27)28/h2-8H,19H2,1H3,(H,21,22). The van der Waals surface area contributed by atoms with Crippen molar-refractivity contribution in [1.29, 1.82) is 0 Å². The molecule has 1 heterocycles. The monoisotopic (exact) mass is 508 g/mol. The molecule has 0 saturated carbocycles. The number of nitro benzene ring substituents is 2. The molecule has 0 saturated heterocycles. The zero-order valence-electron chi connectivity index (χ0n) is 15.6. The molecule has 12 nitrogen and oxygen atoms in total. The number of nitro groups is 2. The number of nitrogens with two attached hydrogens (primary N) is 1. The van der Waals surface area contributed by atoms with E-state index in [1.807, 2.05) is 0 Å². The summed E-state index contributed by atoms with van der Waals surface area (Å²) in [5.74, 6) is 0.604. The molecule has 0 atom stereocenters. The molecule has 0 aliphatic carbocycles. The van der Waals surface area contributed by atoms with Gasteiger partial charge in [-0.05, 0) is 39.7 Å². The minimum Gasteiger partial charge on any atom is -0.493 e. The van der Waals surface area contributed by atoms with E-state index in [1.165, 1.54) is 24.7 Å². The first-order valence-electron chi connectivity index (χ1n) is 8.26. The van der Waals surface area contributed by atoms with Gasteiger partial charge in [0.2, 0.25) is 10.9 Å². The molecule has 3 N–H and O–H groups in total. The van der Waals surface area contributed by atoms with Crippen molar-refractivity contribution in [3.8, 4) is 17.2 Å². The van der Waals surface area contributed by atoms with E-state index in [-0.39, 0.29) is 17.2 Å². The van der Waals surface area contributed by atoms with Crippen molar-refractivity contribution < 1.29 is 19.3 Å². The van der Waals surface area contributed by atoms with Crippen LogP contribution in [0.1, 0.15) is 5.56 Å². The molecule has 0 spiro atoms. The first kappa shape index (κ1) is 21.9. The molecule has 0 amide bonds. The Hall–Kier alpha value is -3.78. The third-order valence-electron chi connectivity index (χ3n) is 3.71. The van der Waals surface area contributed by atoms with E-state index in [1.54, 1.807) is 17.5 Å². The van der Waals surface area contributed by atoms with Gasteiger partial charge in [-0.2, -0.15) is 5.10 Å². The Kier molecular flexibility index (Phi) is 6.61. The Balaban J connectivity index is 1.88. The van der Waals surface area contributed by atoms with Crippen LogP contribution in [-0.4, -0.2) is 28.2 Å². The molecule has 1 aromatic heterocycles.